The molecule has 0 aliphatic carbocycles. The van der Waals surface area contributed by atoms with Crippen molar-refractivity contribution in [1.82, 2.24) is 9.71 Å². The molecule has 0 radical (unpaired) electrons. The van der Waals surface area contributed by atoms with Gasteiger partial charge in [-0.15, -0.1) is 11.3 Å². The quantitative estimate of drug-likeness (QED) is 0.575. The number of methoxy groups -OCH3 is 1. The Hall–Kier alpha value is -2.75. The van der Waals surface area contributed by atoms with E-state index in [9.17, 15) is 13.2 Å². The summed E-state index contributed by atoms with van der Waals surface area (Å²) in [6.07, 6.45) is 0. The zero-order chi connectivity index (χ0) is 21.0. The van der Waals surface area contributed by atoms with E-state index in [-0.39, 0.29) is 10.8 Å². The molecular weight excluding hydrogens is 412 g/mol. The van der Waals surface area contributed by atoms with Crippen LogP contribution in [0.15, 0.2) is 58.8 Å². The predicted octanol–water partition coefficient (Wildman–Crippen LogP) is 3.40. The molecule has 0 spiro atoms. The number of sulfonamides is 1. The van der Waals surface area contributed by atoms with Crippen LogP contribution in [0, 0.1) is 6.92 Å². The smallest absolute Gasteiger partial charge is 0.330 e. The molecule has 0 fully saturated rings. The highest BCUT2D eigenvalue weighted by molar-refractivity contribution is 7.89. The second-order valence-corrected chi connectivity index (χ2v) is 8.87. The number of hydrogen-bond donors (Lipinski definition) is 1. The van der Waals surface area contributed by atoms with Crippen LogP contribution in [0.3, 0.4) is 0 Å². The number of aromatic nitrogens is 1. The van der Waals surface area contributed by atoms with Gasteiger partial charge in [-0.2, -0.15) is 4.72 Å². The Morgan fingerprint density at radius 3 is 2.59 bits per heavy atom. The predicted molar refractivity (Wildman–Crippen MR) is 111 cm³/mol. The standard InChI is InChI=1S/C20H20N2O5S2/c1-13-7-9-17(10-8-13)29(24,25)22-14(2)20(23)27-18-12-28-19(21-18)15-5-4-6-16(11-15)26-3/h4-12,14,22H,1-3H3. The Morgan fingerprint density at radius 2 is 1.90 bits per heavy atom. The molecule has 9 heteroatoms. The van der Waals surface area contributed by atoms with Gasteiger partial charge in [-0.1, -0.05) is 29.8 Å². The van der Waals surface area contributed by atoms with Crippen LogP contribution in [-0.4, -0.2) is 32.5 Å². The van der Waals surface area contributed by atoms with Crippen molar-refractivity contribution in [2.45, 2.75) is 24.8 Å². The van der Waals surface area contributed by atoms with Crippen molar-refractivity contribution in [1.29, 1.82) is 0 Å². The van der Waals surface area contributed by atoms with E-state index in [1.165, 1.54) is 30.4 Å². The lowest BCUT2D eigenvalue weighted by atomic mass is 10.2. The van der Waals surface area contributed by atoms with E-state index in [1.807, 2.05) is 31.2 Å². The van der Waals surface area contributed by atoms with Crippen molar-refractivity contribution in [2.75, 3.05) is 7.11 Å². The van der Waals surface area contributed by atoms with E-state index >= 15 is 0 Å². The summed E-state index contributed by atoms with van der Waals surface area (Å²) in [5.41, 5.74) is 1.76. The SMILES string of the molecule is COc1cccc(-c2nc(OC(=O)C(C)NS(=O)(=O)c3ccc(C)cc3)cs2)c1. The maximum Gasteiger partial charge on any atom is 0.330 e. The fourth-order valence-electron chi connectivity index (χ4n) is 2.45. The first-order chi connectivity index (χ1) is 13.8. The highest BCUT2D eigenvalue weighted by atomic mass is 32.2. The van der Waals surface area contributed by atoms with Gasteiger partial charge in [-0.3, -0.25) is 0 Å². The van der Waals surface area contributed by atoms with Gasteiger partial charge >= 0.3 is 5.97 Å². The minimum atomic E-state index is -3.84. The zero-order valence-corrected chi connectivity index (χ0v) is 17.7. The molecule has 0 bridgehead atoms. The van der Waals surface area contributed by atoms with Crippen LogP contribution < -0.4 is 14.2 Å². The third-order valence-corrected chi connectivity index (χ3v) is 6.45. The van der Waals surface area contributed by atoms with Crippen LogP contribution in [0.4, 0.5) is 0 Å². The first kappa shape index (κ1) is 21.0. The van der Waals surface area contributed by atoms with Gasteiger partial charge in [0.15, 0.2) is 0 Å². The van der Waals surface area contributed by atoms with E-state index in [2.05, 4.69) is 9.71 Å². The summed E-state index contributed by atoms with van der Waals surface area (Å²) in [4.78, 5) is 16.7. The lowest BCUT2D eigenvalue weighted by Crippen LogP contribution is -2.40. The average Bonchev–Trinajstić information content (AvgIpc) is 3.16. The number of nitrogens with zero attached hydrogens (tertiary/aromatic N) is 1. The number of benzene rings is 2. The monoisotopic (exact) mass is 432 g/mol. The molecule has 1 unspecified atom stereocenters. The first-order valence-corrected chi connectivity index (χ1v) is 11.1. The largest absolute Gasteiger partial charge is 0.497 e. The number of carbonyl (C=O) groups excluding carboxylic acids is 1. The highest BCUT2D eigenvalue weighted by Crippen LogP contribution is 2.29. The molecule has 1 aromatic heterocycles. The van der Waals surface area contributed by atoms with Gasteiger partial charge in [0.25, 0.3) is 0 Å². The van der Waals surface area contributed by atoms with Gasteiger partial charge in [0.1, 0.15) is 16.8 Å². The topological polar surface area (TPSA) is 94.6 Å². The first-order valence-electron chi connectivity index (χ1n) is 8.69. The van der Waals surface area contributed by atoms with Crippen LogP contribution in [0.5, 0.6) is 11.6 Å². The number of ether oxygens (including phenoxy) is 2. The van der Waals surface area contributed by atoms with Crippen LogP contribution in [0.1, 0.15) is 12.5 Å². The van der Waals surface area contributed by atoms with E-state index in [0.717, 1.165) is 11.1 Å². The van der Waals surface area contributed by atoms with E-state index < -0.39 is 22.0 Å². The lowest BCUT2D eigenvalue weighted by Gasteiger charge is -2.12. The summed E-state index contributed by atoms with van der Waals surface area (Å²) in [5.74, 6) is 0.0535. The van der Waals surface area contributed by atoms with Crippen molar-refractivity contribution >= 4 is 27.3 Å². The molecule has 0 amide bonds. The van der Waals surface area contributed by atoms with Crippen LogP contribution in [-0.2, 0) is 14.8 Å². The minimum Gasteiger partial charge on any atom is -0.497 e. The molecule has 0 saturated heterocycles. The van der Waals surface area contributed by atoms with E-state index in [4.69, 9.17) is 9.47 Å². The van der Waals surface area contributed by atoms with Gasteiger partial charge in [0, 0.05) is 5.56 Å². The van der Waals surface area contributed by atoms with Gasteiger partial charge in [-0.25, -0.2) is 18.2 Å². The number of rotatable bonds is 7. The number of aryl methyl sites for hydroxylation is 1. The third kappa shape index (κ3) is 5.20. The molecule has 0 aliphatic heterocycles. The summed E-state index contributed by atoms with van der Waals surface area (Å²) >= 11 is 1.30. The Morgan fingerprint density at radius 1 is 1.17 bits per heavy atom. The maximum absolute atomic E-state index is 12.4. The Bertz CT molecular complexity index is 1110. The summed E-state index contributed by atoms with van der Waals surface area (Å²) in [6.45, 7) is 3.28. The molecule has 1 N–H and O–H groups in total. The van der Waals surface area contributed by atoms with Crippen LogP contribution in [0.25, 0.3) is 10.6 Å². The summed E-state index contributed by atoms with van der Waals surface area (Å²) in [5, 5.41) is 2.24. The summed E-state index contributed by atoms with van der Waals surface area (Å²) in [6, 6.07) is 12.6. The second-order valence-electron chi connectivity index (χ2n) is 6.30. The molecule has 2 aromatic carbocycles. The average molecular weight is 433 g/mol. The summed E-state index contributed by atoms with van der Waals surface area (Å²) in [7, 11) is -2.26. The van der Waals surface area contributed by atoms with E-state index in [0.29, 0.717) is 10.8 Å². The molecule has 29 heavy (non-hydrogen) atoms. The molecule has 1 heterocycles. The third-order valence-electron chi connectivity index (χ3n) is 4.02. The van der Waals surface area contributed by atoms with Crippen molar-refractivity contribution in [3.8, 4) is 22.2 Å². The van der Waals surface area contributed by atoms with Crippen molar-refractivity contribution in [3.63, 3.8) is 0 Å². The molecule has 3 rings (SSSR count). The van der Waals surface area contributed by atoms with Crippen LogP contribution >= 0.6 is 11.3 Å². The Kier molecular flexibility index (Phi) is 6.31. The number of nitrogens with one attached hydrogen (secondary N) is 1. The molecule has 0 saturated carbocycles. The lowest BCUT2D eigenvalue weighted by molar-refractivity contribution is -0.136. The number of carbonyl (C=O) groups is 1. The number of thiazole rings is 1. The van der Waals surface area contributed by atoms with Crippen molar-refractivity contribution < 1.29 is 22.7 Å². The van der Waals surface area contributed by atoms with Crippen molar-refractivity contribution in [2.24, 2.45) is 0 Å². The maximum atomic E-state index is 12.4. The van der Waals surface area contributed by atoms with Gasteiger partial charge in [0.05, 0.1) is 17.4 Å². The molecular formula is C20H20N2O5S2. The minimum absolute atomic E-state index is 0.0803. The van der Waals surface area contributed by atoms with Gasteiger partial charge in [0.2, 0.25) is 15.9 Å². The molecule has 3 aromatic rings. The van der Waals surface area contributed by atoms with Crippen LogP contribution in [0.2, 0.25) is 0 Å². The molecule has 7 nitrogen and oxygen atoms in total. The normalized spacial score (nSPS) is 12.4. The Labute approximate surface area is 173 Å². The molecule has 1 atom stereocenters. The zero-order valence-electron chi connectivity index (χ0n) is 16.1. The fourth-order valence-corrected chi connectivity index (χ4v) is 4.36. The van der Waals surface area contributed by atoms with Gasteiger partial charge in [-0.05, 0) is 38.1 Å². The van der Waals surface area contributed by atoms with Gasteiger partial charge < -0.3 is 9.47 Å². The fraction of sp³-hybridized carbons (Fsp3) is 0.200. The van der Waals surface area contributed by atoms with Crippen molar-refractivity contribution in [3.05, 3.63) is 59.5 Å². The Balaban J connectivity index is 1.67. The number of hydrogen-bond acceptors (Lipinski definition) is 7. The molecule has 152 valence electrons. The number of esters is 1. The second kappa shape index (κ2) is 8.73. The molecule has 0 aliphatic rings. The highest BCUT2D eigenvalue weighted by Gasteiger charge is 2.24. The summed E-state index contributed by atoms with van der Waals surface area (Å²) < 4.78 is 37.6. The van der Waals surface area contributed by atoms with E-state index in [1.54, 1.807) is 24.6 Å².